The summed E-state index contributed by atoms with van der Waals surface area (Å²) in [5, 5.41) is 14.1. The van der Waals surface area contributed by atoms with E-state index in [1.54, 1.807) is 7.11 Å². The number of amides is 1. The van der Waals surface area contributed by atoms with E-state index in [0.29, 0.717) is 13.0 Å². The van der Waals surface area contributed by atoms with Gasteiger partial charge in [-0.2, -0.15) is 0 Å². The van der Waals surface area contributed by atoms with Crippen LogP contribution in [0.25, 0.3) is 0 Å². The number of nitrogens with one attached hydrogen (secondary N) is 1. The lowest BCUT2D eigenvalue weighted by Gasteiger charge is -2.27. The van der Waals surface area contributed by atoms with Crippen molar-refractivity contribution in [2.45, 2.75) is 31.6 Å². The topological polar surface area (TPSA) is 87.7 Å². The lowest BCUT2D eigenvalue weighted by Crippen LogP contribution is -2.48. The molecule has 0 aliphatic carbocycles. The first-order valence-electron chi connectivity index (χ1n) is 7.37. The Morgan fingerprint density at radius 3 is 2.45 bits per heavy atom. The highest BCUT2D eigenvalue weighted by molar-refractivity contribution is 5.86. The SMILES string of the molecule is COc1ccc(CNC(=O)[C@H]2[C@@H](C(=O)[O-])[C@@H]3CC[C@H]2O3)cc1. The first-order chi connectivity index (χ1) is 10.6. The minimum Gasteiger partial charge on any atom is -0.550 e. The molecule has 4 atom stereocenters. The minimum atomic E-state index is -1.20. The van der Waals surface area contributed by atoms with E-state index < -0.39 is 17.8 Å². The smallest absolute Gasteiger partial charge is 0.226 e. The van der Waals surface area contributed by atoms with Crippen molar-refractivity contribution in [1.82, 2.24) is 5.32 Å². The van der Waals surface area contributed by atoms with Gasteiger partial charge in [-0.15, -0.1) is 0 Å². The van der Waals surface area contributed by atoms with E-state index in [2.05, 4.69) is 5.32 Å². The van der Waals surface area contributed by atoms with Crippen LogP contribution in [-0.4, -0.2) is 31.2 Å². The van der Waals surface area contributed by atoms with E-state index in [1.165, 1.54) is 0 Å². The molecule has 2 saturated heterocycles. The molecule has 2 fully saturated rings. The second-order valence-corrected chi connectivity index (χ2v) is 5.73. The zero-order chi connectivity index (χ0) is 15.7. The summed E-state index contributed by atoms with van der Waals surface area (Å²) in [6, 6.07) is 7.33. The Morgan fingerprint density at radius 1 is 1.23 bits per heavy atom. The number of methoxy groups -OCH3 is 1. The van der Waals surface area contributed by atoms with Crippen LogP contribution < -0.4 is 15.2 Å². The third-order valence-electron chi connectivity index (χ3n) is 4.47. The van der Waals surface area contributed by atoms with E-state index in [9.17, 15) is 14.7 Å². The number of carbonyl (C=O) groups is 2. The Labute approximate surface area is 128 Å². The van der Waals surface area contributed by atoms with Gasteiger partial charge in [0.05, 0.1) is 25.2 Å². The minimum absolute atomic E-state index is 0.280. The predicted molar refractivity (Wildman–Crippen MR) is 74.7 cm³/mol. The fourth-order valence-corrected chi connectivity index (χ4v) is 3.36. The Bertz CT molecular complexity index is 570. The molecule has 2 aliphatic heterocycles. The predicted octanol–water partition coefficient (Wildman–Crippen LogP) is -0.145. The maximum atomic E-state index is 12.3. The molecule has 2 aliphatic rings. The number of carboxylic acid groups (broad SMARTS) is 1. The summed E-state index contributed by atoms with van der Waals surface area (Å²) in [6.45, 7) is 0.344. The Morgan fingerprint density at radius 2 is 1.86 bits per heavy atom. The molecule has 0 radical (unpaired) electrons. The molecule has 6 heteroatoms. The molecular formula is C16H18NO5-. The van der Waals surface area contributed by atoms with Gasteiger partial charge in [0, 0.05) is 18.4 Å². The van der Waals surface area contributed by atoms with Crippen molar-refractivity contribution in [3.05, 3.63) is 29.8 Å². The van der Waals surface area contributed by atoms with E-state index in [1.807, 2.05) is 24.3 Å². The van der Waals surface area contributed by atoms with Gasteiger partial charge in [0.2, 0.25) is 5.91 Å². The zero-order valence-electron chi connectivity index (χ0n) is 12.3. The van der Waals surface area contributed by atoms with Gasteiger partial charge in [0.1, 0.15) is 5.75 Å². The van der Waals surface area contributed by atoms with Crippen LogP contribution in [-0.2, 0) is 20.9 Å². The van der Waals surface area contributed by atoms with Crippen molar-refractivity contribution >= 4 is 11.9 Å². The molecule has 22 heavy (non-hydrogen) atoms. The summed E-state index contributed by atoms with van der Waals surface area (Å²) in [5.74, 6) is -2.22. The summed E-state index contributed by atoms with van der Waals surface area (Å²) < 4.78 is 10.6. The Hall–Kier alpha value is -2.08. The molecule has 0 saturated carbocycles. The maximum Gasteiger partial charge on any atom is 0.226 e. The first kappa shape index (κ1) is 14.8. The third kappa shape index (κ3) is 2.66. The van der Waals surface area contributed by atoms with Crippen LogP contribution in [0, 0.1) is 11.8 Å². The summed E-state index contributed by atoms with van der Waals surface area (Å²) >= 11 is 0. The van der Waals surface area contributed by atoms with Crippen molar-refractivity contribution in [1.29, 1.82) is 0 Å². The number of benzene rings is 1. The van der Waals surface area contributed by atoms with Crippen LogP contribution in [0.4, 0.5) is 0 Å². The number of hydrogen-bond acceptors (Lipinski definition) is 5. The number of ether oxygens (including phenoxy) is 2. The fraction of sp³-hybridized carbons (Fsp3) is 0.500. The van der Waals surface area contributed by atoms with Crippen LogP contribution in [0.3, 0.4) is 0 Å². The average Bonchev–Trinajstić information content (AvgIpc) is 3.14. The van der Waals surface area contributed by atoms with Crippen LogP contribution in [0.5, 0.6) is 5.75 Å². The van der Waals surface area contributed by atoms with Gasteiger partial charge in [0.25, 0.3) is 0 Å². The van der Waals surface area contributed by atoms with Crippen LogP contribution in [0.15, 0.2) is 24.3 Å². The Kier molecular flexibility index (Phi) is 4.02. The van der Waals surface area contributed by atoms with E-state index >= 15 is 0 Å². The lowest BCUT2D eigenvalue weighted by molar-refractivity contribution is -0.314. The highest BCUT2D eigenvalue weighted by Crippen LogP contribution is 2.43. The number of carboxylic acids is 1. The van der Waals surface area contributed by atoms with Crippen molar-refractivity contribution in [3.8, 4) is 5.75 Å². The number of carbonyl (C=O) groups excluding carboxylic acids is 2. The van der Waals surface area contributed by atoms with Gasteiger partial charge in [-0.25, -0.2) is 0 Å². The normalized spacial score (nSPS) is 29.3. The summed E-state index contributed by atoms with van der Waals surface area (Å²) in [6.07, 6.45) is 0.733. The second-order valence-electron chi connectivity index (χ2n) is 5.73. The molecule has 6 nitrogen and oxygen atoms in total. The quantitative estimate of drug-likeness (QED) is 0.818. The molecule has 2 heterocycles. The van der Waals surface area contributed by atoms with Gasteiger partial charge in [-0.3, -0.25) is 4.79 Å². The van der Waals surface area contributed by atoms with Gasteiger partial charge in [0.15, 0.2) is 0 Å². The fourth-order valence-electron chi connectivity index (χ4n) is 3.36. The second kappa shape index (κ2) is 5.96. The van der Waals surface area contributed by atoms with Gasteiger partial charge < -0.3 is 24.7 Å². The number of rotatable bonds is 5. The molecule has 1 aromatic rings. The molecule has 2 bridgehead atoms. The number of hydrogen-bond donors (Lipinski definition) is 1. The van der Waals surface area contributed by atoms with Crippen LogP contribution >= 0.6 is 0 Å². The van der Waals surface area contributed by atoms with Gasteiger partial charge in [-0.05, 0) is 30.5 Å². The molecular weight excluding hydrogens is 286 g/mol. The van der Waals surface area contributed by atoms with E-state index in [-0.39, 0.29) is 18.1 Å². The van der Waals surface area contributed by atoms with E-state index in [4.69, 9.17) is 9.47 Å². The molecule has 0 unspecified atom stereocenters. The molecule has 1 amide bonds. The van der Waals surface area contributed by atoms with Crippen molar-refractivity contribution in [2.24, 2.45) is 11.8 Å². The Balaban J connectivity index is 1.62. The highest BCUT2D eigenvalue weighted by Gasteiger charge is 2.52. The molecule has 1 N–H and O–H groups in total. The molecule has 1 aromatic carbocycles. The maximum absolute atomic E-state index is 12.3. The van der Waals surface area contributed by atoms with Crippen molar-refractivity contribution < 1.29 is 24.2 Å². The molecule has 0 aromatic heterocycles. The third-order valence-corrected chi connectivity index (χ3v) is 4.47. The monoisotopic (exact) mass is 304 g/mol. The average molecular weight is 304 g/mol. The van der Waals surface area contributed by atoms with E-state index in [0.717, 1.165) is 17.7 Å². The molecule has 0 spiro atoms. The summed E-state index contributed by atoms with van der Waals surface area (Å²) in [5.41, 5.74) is 0.920. The molecule has 118 valence electrons. The lowest BCUT2D eigenvalue weighted by atomic mass is 9.78. The summed E-state index contributed by atoms with van der Waals surface area (Å²) in [7, 11) is 1.59. The van der Waals surface area contributed by atoms with Crippen LogP contribution in [0.2, 0.25) is 0 Å². The van der Waals surface area contributed by atoms with Gasteiger partial charge in [-0.1, -0.05) is 12.1 Å². The van der Waals surface area contributed by atoms with Gasteiger partial charge >= 0.3 is 0 Å². The number of fused-ring (bicyclic) bond motifs is 2. The highest BCUT2D eigenvalue weighted by atomic mass is 16.5. The first-order valence-corrected chi connectivity index (χ1v) is 7.37. The standard InChI is InChI=1S/C16H19NO5/c1-21-10-4-2-9(3-5-10)8-17-15(18)13-11-6-7-12(22-11)14(13)16(19)20/h2-5,11-14H,6-8H2,1H3,(H,17,18)(H,19,20)/p-1/t11-,12+,13-,14+/m1/s1. The van der Waals surface area contributed by atoms with Crippen molar-refractivity contribution in [2.75, 3.05) is 7.11 Å². The largest absolute Gasteiger partial charge is 0.550 e. The summed E-state index contributed by atoms with van der Waals surface area (Å²) in [4.78, 5) is 23.6. The van der Waals surface area contributed by atoms with Crippen LogP contribution in [0.1, 0.15) is 18.4 Å². The number of aliphatic carboxylic acids is 1. The van der Waals surface area contributed by atoms with Crippen molar-refractivity contribution in [3.63, 3.8) is 0 Å². The molecule has 3 rings (SSSR count). The zero-order valence-corrected chi connectivity index (χ0v) is 12.3.